The van der Waals surface area contributed by atoms with Crippen molar-refractivity contribution < 1.29 is 47.8 Å². The highest BCUT2D eigenvalue weighted by atomic mass is 31.2. The molecule has 0 radical (unpaired) electrons. The van der Waals surface area contributed by atoms with Crippen molar-refractivity contribution in [1.29, 1.82) is 0 Å². The molecule has 0 spiro atoms. The summed E-state index contributed by atoms with van der Waals surface area (Å²) in [5.41, 5.74) is 0. The molecule has 10 nitrogen and oxygen atoms in total. The topological polar surface area (TPSA) is 149 Å². The number of esters is 2. The zero-order valence-corrected chi connectivity index (χ0v) is 26.6. The number of phosphoric ester groups is 1. The van der Waals surface area contributed by atoms with E-state index >= 15 is 0 Å². The van der Waals surface area contributed by atoms with Gasteiger partial charge in [-0.3, -0.25) is 18.6 Å². The lowest BCUT2D eigenvalue weighted by atomic mass is 10.1. The highest BCUT2D eigenvalue weighted by Gasteiger charge is 2.27. The van der Waals surface area contributed by atoms with Gasteiger partial charge in [-0.05, 0) is 44.9 Å². The number of ether oxygens (including phenoxy) is 2. The lowest BCUT2D eigenvalue weighted by molar-refractivity contribution is -0.153. The fraction of sp³-hybridized carbons (Fsp3) is 0.742. The van der Waals surface area contributed by atoms with Gasteiger partial charge in [0, 0.05) is 12.8 Å². The molecule has 0 amide bonds. The van der Waals surface area contributed by atoms with Gasteiger partial charge in [0.25, 0.3) is 0 Å². The lowest BCUT2D eigenvalue weighted by Gasteiger charge is -2.20. The van der Waals surface area contributed by atoms with Crippen molar-refractivity contribution in [2.45, 2.75) is 122 Å². The fourth-order valence-electron chi connectivity index (χ4n) is 3.71. The number of unbranched alkanes of at least 4 members (excludes halogenated alkanes) is 8. The number of hydrogen-bond acceptors (Lipinski definition) is 9. The van der Waals surface area contributed by atoms with Crippen molar-refractivity contribution in [3.8, 4) is 0 Å². The molecule has 0 saturated carbocycles. The highest BCUT2D eigenvalue weighted by Crippen LogP contribution is 2.43. The summed E-state index contributed by atoms with van der Waals surface area (Å²) >= 11 is 0. The molecule has 0 rings (SSSR count). The second kappa shape index (κ2) is 28.0. The van der Waals surface area contributed by atoms with Crippen LogP contribution in [0.4, 0.5) is 0 Å². The number of allylic oxidation sites excluding steroid dienone is 6. The first kappa shape index (κ1) is 40.2. The quantitative estimate of drug-likeness (QED) is 0.0384. The molecule has 0 aliphatic rings. The van der Waals surface area contributed by atoms with Crippen LogP contribution in [0.5, 0.6) is 0 Å². The number of carbonyl (C=O) groups excluding carboxylic acids is 2. The predicted octanol–water partition coefficient (Wildman–Crippen LogP) is 6.49. The molecule has 0 aromatic heterocycles. The summed E-state index contributed by atoms with van der Waals surface area (Å²) in [6.07, 6.45) is 23.2. The van der Waals surface area contributed by atoms with Crippen molar-refractivity contribution in [3.05, 3.63) is 36.5 Å². The molecule has 0 fully saturated rings. The molecule has 3 unspecified atom stereocenters. The fourth-order valence-corrected chi connectivity index (χ4v) is 4.50. The van der Waals surface area contributed by atoms with Crippen LogP contribution in [0.15, 0.2) is 36.5 Å². The molecule has 11 heteroatoms. The number of aliphatic hydroxyl groups excluding tert-OH is 2. The monoisotopic (exact) mass is 618 g/mol. The summed E-state index contributed by atoms with van der Waals surface area (Å²) in [6.45, 7) is 1.92. The number of carbonyl (C=O) groups is 2. The summed E-state index contributed by atoms with van der Waals surface area (Å²) in [7, 11) is -4.62. The van der Waals surface area contributed by atoms with Gasteiger partial charge < -0.3 is 24.6 Å². The molecule has 0 aliphatic carbocycles. The molecule has 0 heterocycles. The number of hydrogen-bond donors (Lipinski definition) is 3. The normalized spacial score (nSPS) is 14.9. The molecule has 0 aromatic carbocycles. The van der Waals surface area contributed by atoms with Crippen molar-refractivity contribution in [2.24, 2.45) is 0 Å². The molecule has 0 aromatic rings. The summed E-state index contributed by atoms with van der Waals surface area (Å²) in [4.78, 5) is 33.9. The van der Waals surface area contributed by atoms with Gasteiger partial charge in [-0.1, -0.05) is 88.8 Å². The smallest absolute Gasteiger partial charge is 0.457 e. The summed E-state index contributed by atoms with van der Waals surface area (Å²) in [5.74, 6) is -1.06. The Morgan fingerprint density at radius 3 is 1.62 bits per heavy atom. The van der Waals surface area contributed by atoms with Crippen LogP contribution in [0.25, 0.3) is 0 Å². The minimum atomic E-state index is -4.62. The van der Waals surface area contributed by atoms with Gasteiger partial charge in [-0.25, -0.2) is 4.57 Å². The van der Waals surface area contributed by atoms with E-state index in [2.05, 4.69) is 50.3 Å². The Bertz CT molecular complexity index is 812. The van der Waals surface area contributed by atoms with Gasteiger partial charge in [0.15, 0.2) is 0 Å². The zero-order chi connectivity index (χ0) is 31.3. The number of aliphatic hydroxyl groups is 2. The average molecular weight is 619 g/mol. The van der Waals surface area contributed by atoms with Crippen LogP contribution in [-0.2, 0) is 32.7 Å². The van der Waals surface area contributed by atoms with Crippen LogP contribution in [0, 0.1) is 0 Å². The van der Waals surface area contributed by atoms with Gasteiger partial charge in [-0.2, -0.15) is 0 Å². The molecule has 0 aliphatic heterocycles. The van der Waals surface area contributed by atoms with Crippen LogP contribution in [0.2, 0.25) is 0 Å². The Labute approximate surface area is 252 Å². The minimum Gasteiger partial charge on any atom is -0.457 e. The van der Waals surface area contributed by atoms with E-state index in [0.29, 0.717) is 12.8 Å². The van der Waals surface area contributed by atoms with Crippen LogP contribution >= 0.6 is 7.82 Å². The maximum Gasteiger partial charge on any atom is 0.472 e. The van der Waals surface area contributed by atoms with Gasteiger partial charge in [0.05, 0.1) is 26.4 Å². The highest BCUT2D eigenvalue weighted by molar-refractivity contribution is 7.47. The van der Waals surface area contributed by atoms with Crippen molar-refractivity contribution in [1.82, 2.24) is 0 Å². The van der Waals surface area contributed by atoms with Crippen LogP contribution in [0.1, 0.15) is 110 Å². The standard InChI is InChI=1S/C31H55O10P/c1-3-5-7-9-11-12-13-14-15-16-17-19-21-23-31(35)41-29(25-33)27-39-42(36,37)38-26-28(24-32)40-30(34)22-20-18-10-8-6-4-2/h5,7,11-12,14-15,28-29,32-33H,3-4,6,8-10,13,16-27H2,1-2H3,(H,36,37)/b7-5-,12-11-,15-14-. The first-order valence-corrected chi connectivity index (χ1v) is 16.9. The summed E-state index contributed by atoms with van der Waals surface area (Å²) < 4.78 is 32.1. The van der Waals surface area contributed by atoms with Gasteiger partial charge in [-0.15, -0.1) is 0 Å². The Kier molecular flexibility index (Phi) is 26.8. The third kappa shape index (κ3) is 25.9. The first-order valence-electron chi connectivity index (χ1n) is 15.4. The van der Waals surface area contributed by atoms with E-state index in [1.807, 2.05) is 0 Å². The molecular weight excluding hydrogens is 563 g/mol. The van der Waals surface area contributed by atoms with Gasteiger partial charge in [0.1, 0.15) is 12.2 Å². The maximum absolute atomic E-state index is 12.2. The second-order valence-electron chi connectivity index (χ2n) is 10.1. The van der Waals surface area contributed by atoms with E-state index in [1.54, 1.807) is 0 Å². The van der Waals surface area contributed by atoms with Crippen LogP contribution in [0.3, 0.4) is 0 Å². The molecule has 3 atom stereocenters. The van der Waals surface area contributed by atoms with E-state index in [4.69, 9.17) is 18.5 Å². The molecule has 3 N–H and O–H groups in total. The Hall–Kier alpha value is -1.81. The van der Waals surface area contributed by atoms with Crippen molar-refractivity contribution in [2.75, 3.05) is 26.4 Å². The van der Waals surface area contributed by atoms with E-state index in [0.717, 1.165) is 70.6 Å². The molecule has 42 heavy (non-hydrogen) atoms. The number of phosphoric acid groups is 1. The largest absolute Gasteiger partial charge is 0.472 e. The third-order valence-electron chi connectivity index (χ3n) is 6.12. The van der Waals surface area contributed by atoms with Crippen LogP contribution < -0.4 is 0 Å². The molecule has 0 saturated heterocycles. The Balaban J connectivity index is 4.12. The van der Waals surface area contributed by atoms with Crippen molar-refractivity contribution >= 4 is 19.8 Å². The van der Waals surface area contributed by atoms with E-state index in [1.165, 1.54) is 0 Å². The number of rotatable bonds is 28. The SMILES string of the molecule is CC/C=C\C/C=C\C/C=C\CCCCCC(=O)OC(CO)COP(=O)(O)OCC(CO)OC(=O)CCCCCCCC. The molecular formula is C31H55O10P. The van der Waals surface area contributed by atoms with E-state index in [9.17, 15) is 29.3 Å². The third-order valence-corrected chi connectivity index (χ3v) is 7.07. The summed E-state index contributed by atoms with van der Waals surface area (Å²) in [5, 5.41) is 18.9. The Morgan fingerprint density at radius 1 is 0.667 bits per heavy atom. The van der Waals surface area contributed by atoms with E-state index in [-0.39, 0.29) is 12.8 Å². The second-order valence-corrected chi connectivity index (χ2v) is 11.5. The lowest BCUT2D eigenvalue weighted by Crippen LogP contribution is -2.28. The van der Waals surface area contributed by atoms with Gasteiger partial charge in [0.2, 0.25) is 0 Å². The average Bonchev–Trinajstić information content (AvgIpc) is 2.97. The first-order chi connectivity index (χ1) is 20.3. The van der Waals surface area contributed by atoms with Gasteiger partial charge >= 0.3 is 19.8 Å². The minimum absolute atomic E-state index is 0.157. The zero-order valence-electron chi connectivity index (χ0n) is 25.7. The maximum atomic E-state index is 12.2. The summed E-state index contributed by atoms with van der Waals surface area (Å²) in [6, 6.07) is 0. The molecule has 244 valence electrons. The predicted molar refractivity (Wildman–Crippen MR) is 164 cm³/mol. The Morgan fingerprint density at radius 2 is 1.12 bits per heavy atom. The van der Waals surface area contributed by atoms with Crippen molar-refractivity contribution in [3.63, 3.8) is 0 Å². The molecule has 0 bridgehead atoms. The van der Waals surface area contributed by atoms with E-state index < -0.39 is 58.4 Å². The van der Waals surface area contributed by atoms with Crippen LogP contribution in [-0.4, -0.2) is 65.7 Å².